The maximum absolute atomic E-state index is 10.8. The zero-order chi connectivity index (χ0) is 10.1. The summed E-state index contributed by atoms with van der Waals surface area (Å²) < 4.78 is 21.6. The lowest BCUT2D eigenvalue weighted by Gasteiger charge is -1.97. The summed E-state index contributed by atoms with van der Waals surface area (Å²) in [5.41, 5.74) is 4.91. The van der Waals surface area contributed by atoms with Gasteiger partial charge in [-0.05, 0) is 6.07 Å². The predicted molar refractivity (Wildman–Crippen MR) is 45.8 cm³/mol. The molecule has 0 fully saturated rings. The summed E-state index contributed by atoms with van der Waals surface area (Å²) in [6.45, 7) is 0. The van der Waals surface area contributed by atoms with Crippen LogP contribution < -0.4 is 5.73 Å². The predicted octanol–water partition coefficient (Wildman–Crippen LogP) is 0.108. The molecule has 1 amide bonds. The number of primary amides is 1. The Kier molecular flexibility index (Phi) is 2.53. The summed E-state index contributed by atoms with van der Waals surface area (Å²) >= 11 is 0. The van der Waals surface area contributed by atoms with Crippen LogP contribution in [0, 0.1) is 0 Å². The number of nitrogens with zero attached hydrogens (tertiary/aromatic N) is 1. The van der Waals surface area contributed by atoms with Gasteiger partial charge in [-0.3, -0.25) is 9.78 Å². The normalized spacial score (nSPS) is 11.2. The van der Waals surface area contributed by atoms with Crippen LogP contribution >= 0.6 is 10.7 Å². The molecule has 0 aliphatic heterocycles. The summed E-state index contributed by atoms with van der Waals surface area (Å²) in [5, 5.41) is 0. The van der Waals surface area contributed by atoms with Gasteiger partial charge in [0.05, 0.1) is 5.56 Å². The van der Waals surface area contributed by atoms with E-state index in [1.165, 1.54) is 0 Å². The molecule has 1 aromatic heterocycles. The Balaban J connectivity index is 3.29. The van der Waals surface area contributed by atoms with Gasteiger partial charge in [0.2, 0.25) is 5.91 Å². The zero-order valence-corrected chi connectivity index (χ0v) is 7.84. The highest BCUT2D eigenvalue weighted by molar-refractivity contribution is 8.13. The number of hydrogen-bond donors (Lipinski definition) is 1. The molecule has 0 saturated heterocycles. The van der Waals surface area contributed by atoms with Gasteiger partial charge in [0.25, 0.3) is 9.05 Å². The van der Waals surface area contributed by atoms with Gasteiger partial charge in [0.1, 0.15) is 4.90 Å². The minimum atomic E-state index is -3.86. The molecule has 0 saturated carbocycles. The Morgan fingerprint density at radius 2 is 2.08 bits per heavy atom. The highest BCUT2D eigenvalue weighted by atomic mass is 35.7. The maximum Gasteiger partial charge on any atom is 0.262 e. The third-order valence-electron chi connectivity index (χ3n) is 1.28. The van der Waals surface area contributed by atoms with Crippen LogP contribution in [0.2, 0.25) is 0 Å². The molecule has 0 radical (unpaired) electrons. The molecule has 0 aromatic carbocycles. The van der Waals surface area contributed by atoms with Crippen LogP contribution in [0.15, 0.2) is 23.4 Å². The zero-order valence-electron chi connectivity index (χ0n) is 6.27. The molecule has 2 N–H and O–H groups in total. The second kappa shape index (κ2) is 3.31. The Labute approximate surface area is 78.9 Å². The van der Waals surface area contributed by atoms with E-state index in [0.29, 0.717) is 0 Å². The van der Waals surface area contributed by atoms with Crippen molar-refractivity contribution in [3.8, 4) is 0 Å². The van der Waals surface area contributed by atoms with Crippen LogP contribution in [0.1, 0.15) is 10.4 Å². The molecule has 0 bridgehead atoms. The molecule has 7 heteroatoms. The lowest BCUT2D eigenvalue weighted by molar-refractivity contribution is 0.0999. The fourth-order valence-electron chi connectivity index (χ4n) is 0.687. The van der Waals surface area contributed by atoms with Crippen molar-refractivity contribution in [2.45, 2.75) is 4.90 Å². The molecule has 13 heavy (non-hydrogen) atoms. The Bertz CT molecular complexity index is 443. The topological polar surface area (TPSA) is 90.1 Å². The van der Waals surface area contributed by atoms with Gasteiger partial charge in [-0.25, -0.2) is 8.42 Å². The van der Waals surface area contributed by atoms with Crippen LogP contribution in [0.3, 0.4) is 0 Å². The van der Waals surface area contributed by atoms with E-state index in [4.69, 9.17) is 16.4 Å². The van der Waals surface area contributed by atoms with E-state index in [-0.39, 0.29) is 10.5 Å². The van der Waals surface area contributed by atoms with Crippen molar-refractivity contribution in [1.82, 2.24) is 4.98 Å². The first-order chi connectivity index (χ1) is 5.91. The molecule has 5 nitrogen and oxygen atoms in total. The summed E-state index contributed by atoms with van der Waals surface area (Å²) in [5.74, 6) is -0.755. The van der Waals surface area contributed by atoms with Gasteiger partial charge >= 0.3 is 0 Å². The van der Waals surface area contributed by atoms with Gasteiger partial charge in [-0.15, -0.1) is 0 Å². The van der Waals surface area contributed by atoms with Crippen LogP contribution in [-0.4, -0.2) is 19.3 Å². The number of nitrogens with two attached hydrogens (primary N) is 1. The number of carbonyl (C=O) groups is 1. The largest absolute Gasteiger partial charge is 0.366 e. The van der Waals surface area contributed by atoms with Gasteiger partial charge in [-0.2, -0.15) is 0 Å². The molecule has 70 valence electrons. The number of amides is 1. The first-order valence-electron chi connectivity index (χ1n) is 3.11. The van der Waals surface area contributed by atoms with Crippen molar-refractivity contribution in [2.75, 3.05) is 0 Å². The van der Waals surface area contributed by atoms with Gasteiger partial charge in [0.15, 0.2) is 0 Å². The lowest BCUT2D eigenvalue weighted by Crippen LogP contribution is -2.11. The van der Waals surface area contributed by atoms with E-state index in [1.807, 2.05) is 0 Å². The monoisotopic (exact) mass is 220 g/mol. The third-order valence-corrected chi connectivity index (χ3v) is 2.60. The average Bonchev–Trinajstić information content (AvgIpc) is 2.03. The number of pyridine rings is 1. The molecule has 0 aliphatic rings. The van der Waals surface area contributed by atoms with Crippen molar-refractivity contribution in [3.05, 3.63) is 24.0 Å². The number of rotatable bonds is 2. The minimum Gasteiger partial charge on any atom is -0.366 e. The van der Waals surface area contributed by atoms with Gasteiger partial charge in [-0.1, -0.05) is 0 Å². The number of hydrogen-bond acceptors (Lipinski definition) is 4. The standard InChI is InChI=1S/C6H5ClN2O3S/c7-13(11,12)5-1-4(6(8)10)2-9-3-5/h1-3H,(H2,8,10). The van der Waals surface area contributed by atoms with Gasteiger partial charge < -0.3 is 5.73 Å². The lowest BCUT2D eigenvalue weighted by atomic mass is 10.3. The molecular weight excluding hydrogens is 216 g/mol. The van der Waals surface area contributed by atoms with E-state index < -0.39 is 15.0 Å². The fraction of sp³-hybridized carbons (Fsp3) is 0. The fourth-order valence-corrected chi connectivity index (χ4v) is 1.39. The molecule has 1 aromatic rings. The molecule has 0 unspecified atom stereocenters. The minimum absolute atomic E-state index is 0.00160. The first-order valence-corrected chi connectivity index (χ1v) is 5.42. The van der Waals surface area contributed by atoms with E-state index in [1.54, 1.807) is 0 Å². The molecule has 0 spiro atoms. The highest BCUT2D eigenvalue weighted by Crippen LogP contribution is 2.14. The van der Waals surface area contributed by atoms with E-state index >= 15 is 0 Å². The second-order valence-corrected chi connectivity index (χ2v) is 4.78. The van der Waals surface area contributed by atoms with E-state index in [2.05, 4.69) is 4.98 Å². The maximum atomic E-state index is 10.8. The van der Waals surface area contributed by atoms with Crippen LogP contribution in [0.4, 0.5) is 0 Å². The SMILES string of the molecule is NC(=O)c1cncc(S(=O)(=O)Cl)c1. The van der Waals surface area contributed by atoms with Gasteiger partial charge in [0, 0.05) is 23.1 Å². The van der Waals surface area contributed by atoms with Crippen molar-refractivity contribution >= 4 is 25.6 Å². The number of halogens is 1. The van der Waals surface area contributed by atoms with Crippen molar-refractivity contribution in [2.24, 2.45) is 5.73 Å². The quantitative estimate of drug-likeness (QED) is 0.717. The molecular formula is C6H5ClN2O3S. The van der Waals surface area contributed by atoms with E-state index in [9.17, 15) is 13.2 Å². The average molecular weight is 221 g/mol. The Hall–Kier alpha value is -1.14. The van der Waals surface area contributed by atoms with Crippen molar-refractivity contribution in [3.63, 3.8) is 0 Å². The molecule has 0 aliphatic carbocycles. The molecule has 1 heterocycles. The van der Waals surface area contributed by atoms with Crippen molar-refractivity contribution in [1.29, 1.82) is 0 Å². The number of aromatic nitrogens is 1. The summed E-state index contributed by atoms with van der Waals surface area (Å²) in [6, 6.07) is 1.07. The first kappa shape index (κ1) is 9.94. The molecule has 1 rings (SSSR count). The highest BCUT2D eigenvalue weighted by Gasteiger charge is 2.12. The van der Waals surface area contributed by atoms with Crippen LogP contribution in [-0.2, 0) is 9.05 Å². The summed E-state index contributed by atoms with van der Waals surface area (Å²) in [7, 11) is 1.16. The second-order valence-electron chi connectivity index (χ2n) is 2.21. The summed E-state index contributed by atoms with van der Waals surface area (Å²) in [4.78, 5) is 13.9. The van der Waals surface area contributed by atoms with Crippen LogP contribution in [0.25, 0.3) is 0 Å². The molecule has 0 atom stereocenters. The van der Waals surface area contributed by atoms with Crippen molar-refractivity contribution < 1.29 is 13.2 Å². The smallest absolute Gasteiger partial charge is 0.262 e. The Morgan fingerprint density at radius 1 is 1.46 bits per heavy atom. The number of carbonyl (C=O) groups excluding carboxylic acids is 1. The Morgan fingerprint density at radius 3 is 2.54 bits per heavy atom. The van der Waals surface area contributed by atoms with E-state index in [0.717, 1.165) is 18.5 Å². The third kappa shape index (κ3) is 2.40. The summed E-state index contributed by atoms with van der Waals surface area (Å²) in [6.07, 6.45) is 2.20. The van der Waals surface area contributed by atoms with Crippen LogP contribution in [0.5, 0.6) is 0 Å².